The van der Waals surface area contributed by atoms with Crippen LogP contribution < -0.4 is 10.1 Å². The van der Waals surface area contributed by atoms with Gasteiger partial charge in [0.1, 0.15) is 5.75 Å². The smallest absolute Gasteiger partial charge is 0.303 e. The maximum Gasteiger partial charge on any atom is 0.303 e. The molecule has 21 heavy (non-hydrogen) atoms. The van der Waals surface area contributed by atoms with Gasteiger partial charge in [-0.1, -0.05) is 18.6 Å². The maximum absolute atomic E-state index is 11.9. The topological polar surface area (TPSA) is 75.6 Å². The average molecular weight is 358 g/mol. The largest absolute Gasteiger partial charge is 0.481 e. The van der Waals surface area contributed by atoms with Gasteiger partial charge in [-0.3, -0.25) is 9.59 Å². The average Bonchev–Trinajstić information content (AvgIpc) is 2.44. The summed E-state index contributed by atoms with van der Waals surface area (Å²) >= 11 is 3.36. The molecule has 0 radical (unpaired) electrons. The first-order valence-corrected chi connectivity index (χ1v) is 7.70. The highest BCUT2D eigenvalue weighted by Crippen LogP contribution is 2.24. The number of para-hydroxylation sites is 1. The number of unbranched alkanes of at least 4 members (excludes halogenated alkanes) is 2. The van der Waals surface area contributed by atoms with Crippen LogP contribution in [0.3, 0.4) is 0 Å². The van der Waals surface area contributed by atoms with Crippen LogP contribution in [0.5, 0.6) is 5.75 Å². The third-order valence-corrected chi connectivity index (χ3v) is 3.53. The standard InChI is InChI=1S/C15H20BrNO4/c1-11(21-13-8-5-4-7-12(13)16)15(20)17-10-6-2-3-9-14(18)19/h4-5,7-8,11H,2-3,6,9-10H2,1H3,(H,17,20)(H,18,19). The van der Waals surface area contributed by atoms with Gasteiger partial charge in [0.2, 0.25) is 0 Å². The number of carbonyl (C=O) groups excluding carboxylic acids is 1. The number of benzene rings is 1. The van der Waals surface area contributed by atoms with Gasteiger partial charge in [-0.05, 0) is 47.8 Å². The second-order valence-electron chi connectivity index (χ2n) is 4.69. The first kappa shape index (κ1) is 17.5. The Morgan fingerprint density at radius 1 is 1.29 bits per heavy atom. The molecule has 1 unspecified atom stereocenters. The van der Waals surface area contributed by atoms with Crippen LogP contribution in [-0.2, 0) is 9.59 Å². The molecule has 0 saturated heterocycles. The molecular formula is C15H20BrNO4. The highest BCUT2D eigenvalue weighted by molar-refractivity contribution is 9.10. The molecule has 0 fully saturated rings. The number of nitrogens with one attached hydrogen (secondary N) is 1. The van der Waals surface area contributed by atoms with E-state index in [0.717, 1.165) is 17.3 Å². The number of hydrogen-bond acceptors (Lipinski definition) is 3. The van der Waals surface area contributed by atoms with E-state index in [1.807, 2.05) is 18.2 Å². The predicted molar refractivity (Wildman–Crippen MR) is 83.3 cm³/mol. The molecule has 116 valence electrons. The minimum Gasteiger partial charge on any atom is -0.481 e. The Kier molecular flexibility index (Phi) is 7.82. The van der Waals surface area contributed by atoms with Crippen molar-refractivity contribution in [3.63, 3.8) is 0 Å². The summed E-state index contributed by atoms with van der Waals surface area (Å²) in [6, 6.07) is 7.36. The number of ether oxygens (including phenoxy) is 1. The van der Waals surface area contributed by atoms with Crippen molar-refractivity contribution in [1.29, 1.82) is 0 Å². The molecular weight excluding hydrogens is 338 g/mol. The van der Waals surface area contributed by atoms with Crippen molar-refractivity contribution >= 4 is 27.8 Å². The van der Waals surface area contributed by atoms with Gasteiger partial charge in [0, 0.05) is 13.0 Å². The van der Waals surface area contributed by atoms with E-state index >= 15 is 0 Å². The molecule has 0 bridgehead atoms. The highest BCUT2D eigenvalue weighted by Gasteiger charge is 2.15. The van der Waals surface area contributed by atoms with Crippen molar-refractivity contribution in [2.45, 2.75) is 38.7 Å². The molecule has 0 heterocycles. The summed E-state index contributed by atoms with van der Waals surface area (Å²) in [6.45, 7) is 2.22. The Balaban J connectivity index is 2.23. The molecule has 5 nitrogen and oxygen atoms in total. The lowest BCUT2D eigenvalue weighted by molar-refractivity contribution is -0.137. The second kappa shape index (κ2) is 9.39. The van der Waals surface area contributed by atoms with E-state index in [9.17, 15) is 9.59 Å². The molecule has 1 aromatic rings. The van der Waals surface area contributed by atoms with Crippen molar-refractivity contribution in [1.82, 2.24) is 5.32 Å². The number of amides is 1. The normalized spacial score (nSPS) is 11.7. The summed E-state index contributed by atoms with van der Waals surface area (Å²) in [7, 11) is 0. The molecule has 6 heteroatoms. The SMILES string of the molecule is CC(Oc1ccccc1Br)C(=O)NCCCCCC(=O)O. The number of carbonyl (C=O) groups is 2. The van der Waals surface area contributed by atoms with Crippen molar-refractivity contribution < 1.29 is 19.4 Å². The van der Waals surface area contributed by atoms with Gasteiger partial charge in [0.25, 0.3) is 5.91 Å². The number of aliphatic carboxylic acids is 1. The van der Waals surface area contributed by atoms with Gasteiger partial charge >= 0.3 is 5.97 Å². The fourth-order valence-electron chi connectivity index (χ4n) is 1.72. The van der Waals surface area contributed by atoms with Gasteiger partial charge in [-0.25, -0.2) is 0 Å². The van der Waals surface area contributed by atoms with Crippen LogP contribution in [0.15, 0.2) is 28.7 Å². The number of carboxylic acids is 1. The van der Waals surface area contributed by atoms with Crippen molar-refractivity contribution in [3.8, 4) is 5.75 Å². The minimum absolute atomic E-state index is 0.176. The summed E-state index contributed by atoms with van der Waals surface area (Å²) in [5.41, 5.74) is 0. The zero-order valence-corrected chi connectivity index (χ0v) is 13.6. The molecule has 0 aliphatic rings. The van der Waals surface area contributed by atoms with Gasteiger partial charge in [-0.2, -0.15) is 0 Å². The number of hydrogen-bond donors (Lipinski definition) is 2. The van der Waals surface area contributed by atoms with E-state index in [2.05, 4.69) is 21.2 Å². The van der Waals surface area contributed by atoms with Crippen LogP contribution in [0, 0.1) is 0 Å². The molecule has 0 spiro atoms. The summed E-state index contributed by atoms with van der Waals surface area (Å²) in [5.74, 6) is -0.333. The van der Waals surface area contributed by atoms with Crippen molar-refractivity contribution in [2.24, 2.45) is 0 Å². The predicted octanol–water partition coefficient (Wildman–Crippen LogP) is 2.98. The second-order valence-corrected chi connectivity index (χ2v) is 5.54. The van der Waals surface area contributed by atoms with Gasteiger partial charge in [0.05, 0.1) is 4.47 Å². The Bertz CT molecular complexity index is 478. The van der Waals surface area contributed by atoms with Crippen molar-refractivity contribution in [3.05, 3.63) is 28.7 Å². The van der Waals surface area contributed by atoms with E-state index in [0.29, 0.717) is 18.7 Å². The number of carboxylic acid groups (broad SMARTS) is 1. The molecule has 1 aromatic carbocycles. The molecule has 0 aliphatic heterocycles. The molecule has 0 aromatic heterocycles. The van der Waals surface area contributed by atoms with E-state index < -0.39 is 12.1 Å². The fraction of sp³-hybridized carbons (Fsp3) is 0.467. The number of rotatable bonds is 9. The molecule has 1 amide bonds. The van der Waals surface area contributed by atoms with Crippen LogP contribution >= 0.6 is 15.9 Å². The van der Waals surface area contributed by atoms with Crippen LogP contribution in [0.4, 0.5) is 0 Å². The third kappa shape index (κ3) is 7.13. The fourth-order valence-corrected chi connectivity index (χ4v) is 2.10. The first-order valence-electron chi connectivity index (χ1n) is 6.91. The highest BCUT2D eigenvalue weighted by atomic mass is 79.9. The lowest BCUT2D eigenvalue weighted by Crippen LogP contribution is -2.36. The summed E-state index contributed by atoms with van der Waals surface area (Å²) in [4.78, 5) is 22.2. The van der Waals surface area contributed by atoms with E-state index in [1.54, 1.807) is 13.0 Å². The zero-order valence-electron chi connectivity index (χ0n) is 12.0. The van der Waals surface area contributed by atoms with Gasteiger partial charge < -0.3 is 15.2 Å². The van der Waals surface area contributed by atoms with Crippen LogP contribution in [0.2, 0.25) is 0 Å². The monoisotopic (exact) mass is 357 g/mol. The molecule has 2 N–H and O–H groups in total. The summed E-state index contributed by atoms with van der Waals surface area (Å²) in [6.07, 6.45) is 1.78. The van der Waals surface area contributed by atoms with Gasteiger partial charge in [-0.15, -0.1) is 0 Å². The molecule has 1 atom stereocenters. The van der Waals surface area contributed by atoms with Crippen LogP contribution in [0.25, 0.3) is 0 Å². The minimum atomic E-state index is -0.783. The zero-order chi connectivity index (χ0) is 15.7. The van der Waals surface area contributed by atoms with Crippen molar-refractivity contribution in [2.75, 3.05) is 6.54 Å². The summed E-state index contributed by atoms with van der Waals surface area (Å²) in [5, 5.41) is 11.3. The Hall–Kier alpha value is -1.56. The third-order valence-electron chi connectivity index (χ3n) is 2.88. The lowest BCUT2D eigenvalue weighted by atomic mass is 10.2. The molecule has 0 saturated carbocycles. The molecule has 0 aliphatic carbocycles. The maximum atomic E-state index is 11.9. The Morgan fingerprint density at radius 2 is 2.00 bits per heavy atom. The van der Waals surface area contributed by atoms with E-state index in [-0.39, 0.29) is 12.3 Å². The lowest BCUT2D eigenvalue weighted by Gasteiger charge is -2.15. The van der Waals surface area contributed by atoms with Crippen LogP contribution in [0.1, 0.15) is 32.6 Å². The van der Waals surface area contributed by atoms with Gasteiger partial charge in [0.15, 0.2) is 6.10 Å². The summed E-state index contributed by atoms with van der Waals surface area (Å²) < 4.78 is 6.38. The Morgan fingerprint density at radius 3 is 2.67 bits per heavy atom. The number of halogens is 1. The van der Waals surface area contributed by atoms with Crippen LogP contribution in [-0.4, -0.2) is 29.6 Å². The molecule has 1 rings (SSSR count). The quantitative estimate of drug-likeness (QED) is 0.666. The first-order chi connectivity index (χ1) is 10.0. The van der Waals surface area contributed by atoms with E-state index in [4.69, 9.17) is 9.84 Å². The Labute approximate surface area is 132 Å². The van der Waals surface area contributed by atoms with E-state index in [1.165, 1.54) is 0 Å².